The Morgan fingerprint density at radius 2 is 2.40 bits per heavy atom. The van der Waals surface area contributed by atoms with E-state index in [9.17, 15) is 4.79 Å². The number of aryl methyl sites for hydroxylation is 1. The summed E-state index contributed by atoms with van der Waals surface area (Å²) in [5, 5.41) is 8.32. The molecule has 0 atom stereocenters. The van der Waals surface area contributed by atoms with Crippen molar-refractivity contribution >= 4 is 16.5 Å². The average Bonchev–Trinajstić information content (AvgIpc) is 2.57. The number of nitrogen functional groups attached to an aromatic ring is 1. The summed E-state index contributed by atoms with van der Waals surface area (Å²) in [5.41, 5.74) is 6.87. The Bertz CT molecular complexity index is 532. The highest BCUT2D eigenvalue weighted by molar-refractivity contribution is 7.09. The van der Waals surface area contributed by atoms with Crippen LogP contribution in [0.1, 0.15) is 11.3 Å². The molecule has 0 amide bonds. The van der Waals surface area contributed by atoms with Crippen molar-refractivity contribution in [2.24, 2.45) is 0 Å². The van der Waals surface area contributed by atoms with Gasteiger partial charge in [0.2, 0.25) is 0 Å². The third-order valence-corrected chi connectivity index (χ3v) is 2.49. The second-order valence-corrected chi connectivity index (χ2v) is 3.90. The molecule has 0 spiro atoms. The average molecular weight is 223 g/mol. The molecule has 2 aromatic heterocycles. The molecule has 0 radical (unpaired) electrons. The third-order valence-electron chi connectivity index (χ3n) is 1.89. The highest BCUT2D eigenvalue weighted by Crippen LogP contribution is 2.12. The molecule has 2 rings (SSSR count). The Labute approximate surface area is 89.5 Å². The van der Waals surface area contributed by atoms with Crippen LogP contribution in [0.15, 0.2) is 17.1 Å². The molecule has 0 bridgehead atoms. The second-order valence-electron chi connectivity index (χ2n) is 3.11. The van der Waals surface area contributed by atoms with Crippen LogP contribution in [0, 0.1) is 6.92 Å². The Morgan fingerprint density at radius 3 is 3.00 bits per heavy atom. The van der Waals surface area contributed by atoms with Gasteiger partial charge in [-0.2, -0.15) is 5.10 Å². The van der Waals surface area contributed by atoms with Crippen molar-refractivity contribution in [1.29, 1.82) is 0 Å². The van der Waals surface area contributed by atoms with Crippen molar-refractivity contribution in [2.45, 2.75) is 13.5 Å². The monoisotopic (exact) mass is 223 g/mol. The summed E-state index contributed by atoms with van der Waals surface area (Å²) in [6.45, 7) is 2.08. The van der Waals surface area contributed by atoms with Gasteiger partial charge >= 0.3 is 0 Å². The molecule has 15 heavy (non-hydrogen) atoms. The van der Waals surface area contributed by atoms with Crippen molar-refractivity contribution in [2.75, 3.05) is 5.73 Å². The minimum absolute atomic E-state index is 0.164. The van der Waals surface area contributed by atoms with Crippen LogP contribution in [0.4, 0.5) is 5.00 Å². The summed E-state index contributed by atoms with van der Waals surface area (Å²) in [4.78, 5) is 11.5. The zero-order valence-electron chi connectivity index (χ0n) is 8.04. The van der Waals surface area contributed by atoms with Crippen LogP contribution in [0.5, 0.6) is 0 Å². The van der Waals surface area contributed by atoms with Crippen molar-refractivity contribution < 1.29 is 0 Å². The molecule has 2 aromatic rings. The van der Waals surface area contributed by atoms with E-state index in [0.717, 1.165) is 17.1 Å². The van der Waals surface area contributed by atoms with Crippen LogP contribution >= 0.6 is 11.5 Å². The van der Waals surface area contributed by atoms with Gasteiger partial charge in [0, 0.05) is 17.6 Å². The van der Waals surface area contributed by atoms with Gasteiger partial charge in [-0.05, 0) is 12.5 Å². The molecular weight excluding hydrogens is 214 g/mol. The van der Waals surface area contributed by atoms with E-state index >= 15 is 0 Å². The van der Waals surface area contributed by atoms with E-state index in [4.69, 9.17) is 5.73 Å². The van der Waals surface area contributed by atoms with Crippen LogP contribution in [0.3, 0.4) is 0 Å². The summed E-state index contributed by atoms with van der Waals surface area (Å²) < 4.78 is 4.99. The predicted molar refractivity (Wildman–Crippen MR) is 56.7 cm³/mol. The lowest BCUT2D eigenvalue weighted by molar-refractivity contribution is 0.625. The third kappa shape index (κ3) is 2.01. The first-order chi connectivity index (χ1) is 7.16. The molecule has 0 aliphatic heterocycles. The minimum atomic E-state index is -0.164. The summed E-state index contributed by atoms with van der Waals surface area (Å²) in [7, 11) is 0. The van der Waals surface area contributed by atoms with E-state index in [-0.39, 0.29) is 12.1 Å². The minimum Gasteiger partial charge on any atom is -0.388 e. The van der Waals surface area contributed by atoms with Crippen molar-refractivity contribution in [1.82, 2.24) is 19.4 Å². The maximum absolute atomic E-state index is 11.5. The Morgan fingerprint density at radius 1 is 1.60 bits per heavy atom. The zero-order valence-corrected chi connectivity index (χ0v) is 8.86. The van der Waals surface area contributed by atoms with Gasteiger partial charge in [-0.1, -0.05) is 4.49 Å². The van der Waals surface area contributed by atoms with E-state index in [0.29, 0.717) is 10.7 Å². The van der Waals surface area contributed by atoms with Crippen LogP contribution in [-0.4, -0.2) is 19.4 Å². The number of nitrogens with two attached hydrogens (primary N) is 1. The summed E-state index contributed by atoms with van der Waals surface area (Å²) in [6, 6.07) is 1.52. The van der Waals surface area contributed by atoms with Gasteiger partial charge in [-0.3, -0.25) is 4.79 Å². The normalized spacial score (nSPS) is 10.5. The Balaban J connectivity index is 2.33. The molecule has 0 saturated heterocycles. The largest absolute Gasteiger partial charge is 0.388 e. The van der Waals surface area contributed by atoms with Gasteiger partial charge in [-0.25, -0.2) is 4.68 Å². The SMILES string of the molecule is Cc1cnn(Cc2nnsc2N)c(=O)c1. The van der Waals surface area contributed by atoms with Crippen LogP contribution in [0.2, 0.25) is 0 Å². The van der Waals surface area contributed by atoms with Gasteiger partial charge < -0.3 is 5.73 Å². The summed E-state index contributed by atoms with van der Waals surface area (Å²) in [5.74, 6) is 0. The van der Waals surface area contributed by atoms with Crippen LogP contribution in [-0.2, 0) is 6.54 Å². The number of anilines is 1. The first-order valence-corrected chi connectivity index (χ1v) is 5.04. The van der Waals surface area contributed by atoms with Gasteiger partial charge in [0.1, 0.15) is 10.7 Å². The second kappa shape index (κ2) is 3.77. The molecule has 0 unspecified atom stereocenters. The quantitative estimate of drug-likeness (QED) is 0.776. The van der Waals surface area contributed by atoms with Crippen LogP contribution < -0.4 is 11.3 Å². The lowest BCUT2D eigenvalue weighted by Crippen LogP contribution is -2.23. The molecule has 78 valence electrons. The standard InChI is InChI=1S/C8H9N5OS/c1-5-2-7(14)13(10-3-5)4-6-8(9)15-12-11-6/h2-3H,4,9H2,1H3. The topological polar surface area (TPSA) is 86.7 Å². The van der Waals surface area contributed by atoms with Gasteiger partial charge in [0.25, 0.3) is 5.56 Å². The maximum atomic E-state index is 11.5. The molecule has 0 fully saturated rings. The molecule has 2 N–H and O–H groups in total. The number of nitrogens with zero attached hydrogens (tertiary/aromatic N) is 4. The Hall–Kier alpha value is -1.76. The van der Waals surface area contributed by atoms with Crippen molar-refractivity contribution in [3.8, 4) is 0 Å². The zero-order chi connectivity index (χ0) is 10.8. The lowest BCUT2D eigenvalue weighted by Gasteiger charge is -2.01. The highest BCUT2D eigenvalue weighted by Gasteiger charge is 2.06. The van der Waals surface area contributed by atoms with E-state index in [2.05, 4.69) is 14.7 Å². The fourth-order valence-corrected chi connectivity index (χ4v) is 1.55. The smallest absolute Gasteiger partial charge is 0.267 e. The molecule has 0 aliphatic carbocycles. The van der Waals surface area contributed by atoms with E-state index < -0.39 is 0 Å². The number of hydrogen-bond acceptors (Lipinski definition) is 6. The summed E-state index contributed by atoms with van der Waals surface area (Å²) >= 11 is 1.11. The highest BCUT2D eigenvalue weighted by atomic mass is 32.1. The predicted octanol–water partition coefficient (Wildman–Crippen LogP) is 0.0337. The van der Waals surface area contributed by atoms with E-state index in [1.54, 1.807) is 6.20 Å². The molecule has 0 aromatic carbocycles. The van der Waals surface area contributed by atoms with Crippen molar-refractivity contribution in [3.05, 3.63) is 33.9 Å². The molecule has 6 nitrogen and oxygen atoms in total. The fourth-order valence-electron chi connectivity index (χ4n) is 1.11. The molecular formula is C8H9N5OS. The fraction of sp³-hybridized carbons (Fsp3) is 0.250. The van der Waals surface area contributed by atoms with Gasteiger partial charge in [0.05, 0.1) is 12.7 Å². The lowest BCUT2D eigenvalue weighted by atomic mass is 10.3. The number of aromatic nitrogens is 4. The van der Waals surface area contributed by atoms with Crippen LogP contribution in [0.25, 0.3) is 0 Å². The Kier molecular flexibility index (Phi) is 2.46. The molecule has 2 heterocycles. The first-order valence-electron chi connectivity index (χ1n) is 4.27. The molecule has 0 aliphatic rings. The number of hydrogen-bond donors (Lipinski definition) is 1. The maximum Gasteiger partial charge on any atom is 0.267 e. The van der Waals surface area contributed by atoms with Gasteiger partial charge in [0.15, 0.2) is 0 Å². The number of rotatable bonds is 2. The van der Waals surface area contributed by atoms with Crippen molar-refractivity contribution in [3.63, 3.8) is 0 Å². The molecule has 7 heteroatoms. The van der Waals surface area contributed by atoms with Gasteiger partial charge in [-0.15, -0.1) is 5.10 Å². The van der Waals surface area contributed by atoms with E-state index in [1.165, 1.54) is 10.7 Å². The summed E-state index contributed by atoms with van der Waals surface area (Å²) in [6.07, 6.45) is 1.62. The molecule has 0 saturated carbocycles. The van der Waals surface area contributed by atoms with E-state index in [1.807, 2.05) is 6.92 Å². The first kappa shape index (κ1) is 9.78.